The highest BCUT2D eigenvalue weighted by atomic mass is 32.2. The molecular weight excluding hydrogens is 416 g/mol. The molecule has 2 aromatic carbocycles. The number of pyridine rings is 1. The van der Waals surface area contributed by atoms with Crippen molar-refractivity contribution < 1.29 is 17.6 Å². The monoisotopic (exact) mass is 436 g/mol. The molecule has 0 radical (unpaired) electrons. The minimum Gasteiger partial charge on any atom is -0.451 e. The van der Waals surface area contributed by atoms with E-state index in [9.17, 15) is 18.0 Å². The molecule has 2 aromatic heterocycles. The van der Waals surface area contributed by atoms with Crippen LogP contribution in [0.4, 0.5) is 5.69 Å². The lowest BCUT2D eigenvalue weighted by atomic mass is 10.1. The summed E-state index contributed by atoms with van der Waals surface area (Å²) in [7, 11) is -3.37. The van der Waals surface area contributed by atoms with Gasteiger partial charge < -0.3 is 14.3 Å². The van der Waals surface area contributed by atoms with Crippen LogP contribution in [0.15, 0.2) is 82.1 Å². The van der Waals surface area contributed by atoms with Crippen molar-refractivity contribution in [2.45, 2.75) is 12.3 Å². The number of fused-ring (bicyclic) bond motifs is 1. The molecule has 0 saturated carbocycles. The molecule has 1 N–H and O–H groups in total. The fraction of sp³-hybridized carbons (Fsp3) is 0.130. The number of nitrogens with zero attached hydrogens (tertiary/aromatic N) is 1. The quantitative estimate of drug-likeness (QED) is 0.499. The number of nitrogens with one attached hydrogen (secondary N) is 1. The van der Waals surface area contributed by atoms with Gasteiger partial charge in [0.2, 0.25) is 0 Å². The first kappa shape index (κ1) is 20.6. The van der Waals surface area contributed by atoms with Crippen LogP contribution in [0.5, 0.6) is 0 Å². The molecular formula is C23H20N2O5S. The Morgan fingerprint density at radius 3 is 2.42 bits per heavy atom. The van der Waals surface area contributed by atoms with E-state index < -0.39 is 15.7 Å². The molecule has 7 nitrogen and oxygen atoms in total. The fourth-order valence-electron chi connectivity index (χ4n) is 3.36. The maximum atomic E-state index is 12.9. The molecule has 4 aromatic rings. The van der Waals surface area contributed by atoms with Gasteiger partial charge in [0.15, 0.2) is 15.6 Å². The van der Waals surface area contributed by atoms with Gasteiger partial charge >= 0.3 is 0 Å². The van der Waals surface area contributed by atoms with Gasteiger partial charge in [0.05, 0.1) is 12.3 Å². The van der Waals surface area contributed by atoms with Crippen LogP contribution in [-0.2, 0) is 22.1 Å². The van der Waals surface area contributed by atoms with Gasteiger partial charge in [-0.2, -0.15) is 0 Å². The van der Waals surface area contributed by atoms with E-state index in [-0.39, 0.29) is 17.1 Å². The standard InChI is InChI=1S/C23H20N2O5S/c1-31(28,29)15-19-18-6-2-3-7-20(18)30-22(19)23(27)24-17-11-9-16(10-12-17)14-25-13-5-4-8-21(25)26/h2-13H,14-15H2,1H3,(H,24,27). The molecule has 158 valence electrons. The van der Waals surface area contributed by atoms with Gasteiger partial charge in [-0.25, -0.2) is 8.42 Å². The largest absolute Gasteiger partial charge is 0.451 e. The topological polar surface area (TPSA) is 98.4 Å². The Bertz CT molecular complexity index is 1420. The first-order valence-electron chi connectivity index (χ1n) is 9.54. The zero-order chi connectivity index (χ0) is 22.0. The van der Waals surface area contributed by atoms with E-state index in [0.29, 0.717) is 28.8 Å². The maximum Gasteiger partial charge on any atom is 0.291 e. The summed E-state index contributed by atoms with van der Waals surface area (Å²) in [6.07, 6.45) is 2.83. The number of anilines is 1. The number of sulfone groups is 1. The Morgan fingerprint density at radius 1 is 1.00 bits per heavy atom. The van der Waals surface area contributed by atoms with Crippen LogP contribution >= 0.6 is 0 Å². The zero-order valence-corrected chi connectivity index (χ0v) is 17.6. The molecule has 4 rings (SSSR count). The van der Waals surface area contributed by atoms with E-state index >= 15 is 0 Å². The molecule has 0 bridgehead atoms. The van der Waals surface area contributed by atoms with E-state index in [1.165, 1.54) is 6.07 Å². The van der Waals surface area contributed by atoms with Crippen LogP contribution in [0.2, 0.25) is 0 Å². The molecule has 8 heteroatoms. The summed E-state index contributed by atoms with van der Waals surface area (Å²) < 4.78 is 31.0. The third-order valence-electron chi connectivity index (χ3n) is 4.77. The number of amides is 1. The minimum absolute atomic E-state index is 0.0217. The lowest BCUT2D eigenvalue weighted by Crippen LogP contribution is -2.18. The second-order valence-corrected chi connectivity index (χ2v) is 9.43. The molecule has 31 heavy (non-hydrogen) atoms. The van der Waals surface area contributed by atoms with Crippen molar-refractivity contribution in [3.8, 4) is 0 Å². The molecule has 2 heterocycles. The van der Waals surface area contributed by atoms with Gasteiger partial charge in [0, 0.05) is 35.2 Å². The van der Waals surface area contributed by atoms with Gasteiger partial charge in [0.25, 0.3) is 11.5 Å². The van der Waals surface area contributed by atoms with Crippen LogP contribution in [0.25, 0.3) is 11.0 Å². The highest BCUT2D eigenvalue weighted by Crippen LogP contribution is 2.28. The summed E-state index contributed by atoms with van der Waals surface area (Å²) >= 11 is 0. The smallest absolute Gasteiger partial charge is 0.291 e. The molecule has 0 fully saturated rings. The van der Waals surface area contributed by atoms with Gasteiger partial charge in [-0.1, -0.05) is 36.4 Å². The van der Waals surface area contributed by atoms with Crippen LogP contribution in [-0.4, -0.2) is 25.1 Å². The Kier molecular flexibility index (Phi) is 5.48. The molecule has 0 aliphatic heterocycles. The number of aromatic nitrogens is 1. The summed E-state index contributed by atoms with van der Waals surface area (Å²) in [5, 5.41) is 3.35. The molecule has 1 amide bonds. The number of para-hydroxylation sites is 1. The van der Waals surface area contributed by atoms with Crippen molar-refractivity contribution in [3.63, 3.8) is 0 Å². The van der Waals surface area contributed by atoms with E-state index in [2.05, 4.69) is 5.32 Å². The van der Waals surface area contributed by atoms with E-state index in [1.54, 1.807) is 59.3 Å². The third-order valence-corrected chi connectivity index (χ3v) is 5.59. The SMILES string of the molecule is CS(=O)(=O)Cc1c(C(=O)Nc2ccc(Cn3ccccc3=O)cc2)oc2ccccc12. The predicted molar refractivity (Wildman–Crippen MR) is 119 cm³/mol. The Hall–Kier alpha value is -3.65. The zero-order valence-electron chi connectivity index (χ0n) is 16.7. The van der Waals surface area contributed by atoms with Gasteiger partial charge in [0.1, 0.15) is 5.58 Å². The molecule has 0 saturated heterocycles. The van der Waals surface area contributed by atoms with Crippen molar-refractivity contribution in [1.29, 1.82) is 0 Å². The van der Waals surface area contributed by atoms with Crippen LogP contribution in [0.1, 0.15) is 21.7 Å². The minimum atomic E-state index is -3.37. The summed E-state index contributed by atoms with van der Waals surface area (Å²) in [5.74, 6) is -0.842. The van der Waals surface area contributed by atoms with Crippen molar-refractivity contribution in [2.24, 2.45) is 0 Å². The Morgan fingerprint density at radius 2 is 1.71 bits per heavy atom. The third kappa shape index (κ3) is 4.75. The first-order chi connectivity index (χ1) is 14.8. The van der Waals surface area contributed by atoms with E-state index in [0.717, 1.165) is 11.8 Å². The second kappa shape index (κ2) is 8.23. The summed E-state index contributed by atoms with van der Waals surface area (Å²) in [6, 6.07) is 19.0. The maximum absolute atomic E-state index is 12.9. The summed E-state index contributed by atoms with van der Waals surface area (Å²) in [6.45, 7) is 0.413. The number of hydrogen-bond acceptors (Lipinski definition) is 5. The van der Waals surface area contributed by atoms with E-state index in [1.807, 2.05) is 12.1 Å². The highest BCUT2D eigenvalue weighted by Gasteiger charge is 2.23. The van der Waals surface area contributed by atoms with Gasteiger partial charge in [-0.15, -0.1) is 0 Å². The summed E-state index contributed by atoms with van der Waals surface area (Å²) in [5.41, 5.74) is 2.13. The van der Waals surface area contributed by atoms with Gasteiger partial charge in [-0.05, 0) is 29.8 Å². The van der Waals surface area contributed by atoms with Crippen LogP contribution < -0.4 is 10.9 Å². The number of benzene rings is 2. The molecule has 0 aliphatic carbocycles. The lowest BCUT2D eigenvalue weighted by molar-refractivity contribution is 0.0998. The number of furan rings is 1. The van der Waals surface area contributed by atoms with Crippen LogP contribution in [0.3, 0.4) is 0 Å². The van der Waals surface area contributed by atoms with Crippen molar-refractivity contribution in [3.05, 3.63) is 100 Å². The molecule has 0 spiro atoms. The van der Waals surface area contributed by atoms with Crippen molar-refractivity contribution >= 4 is 32.4 Å². The summed E-state index contributed by atoms with van der Waals surface area (Å²) in [4.78, 5) is 24.7. The molecule has 0 atom stereocenters. The number of carbonyl (C=O) groups is 1. The lowest BCUT2D eigenvalue weighted by Gasteiger charge is -2.08. The average Bonchev–Trinajstić information content (AvgIpc) is 3.08. The normalized spacial score (nSPS) is 11.5. The number of carbonyl (C=O) groups excluding carboxylic acids is 1. The number of rotatable bonds is 6. The Balaban J connectivity index is 1.57. The first-order valence-corrected chi connectivity index (χ1v) is 11.6. The van der Waals surface area contributed by atoms with Crippen LogP contribution in [0, 0.1) is 0 Å². The van der Waals surface area contributed by atoms with Crippen molar-refractivity contribution in [2.75, 3.05) is 11.6 Å². The highest BCUT2D eigenvalue weighted by molar-refractivity contribution is 7.89. The average molecular weight is 436 g/mol. The second-order valence-electron chi connectivity index (χ2n) is 7.29. The fourth-order valence-corrected chi connectivity index (χ4v) is 4.17. The Labute approximate surface area is 178 Å². The molecule has 0 unspecified atom stereocenters. The molecule has 0 aliphatic rings. The number of hydrogen-bond donors (Lipinski definition) is 1. The van der Waals surface area contributed by atoms with Crippen molar-refractivity contribution in [1.82, 2.24) is 4.57 Å². The van der Waals surface area contributed by atoms with E-state index in [4.69, 9.17) is 4.42 Å². The van der Waals surface area contributed by atoms with Gasteiger partial charge in [-0.3, -0.25) is 9.59 Å². The predicted octanol–water partition coefficient (Wildman–Crippen LogP) is 3.44.